The third kappa shape index (κ3) is 3.28. The molecule has 0 unspecified atom stereocenters. The third-order valence-corrected chi connectivity index (χ3v) is 3.84. The maximum absolute atomic E-state index is 12.7. The molecule has 0 aliphatic heterocycles. The van der Waals surface area contributed by atoms with Crippen molar-refractivity contribution in [2.45, 2.75) is 44.7 Å². The zero-order chi connectivity index (χ0) is 13.9. The number of hydrogen-bond donors (Lipinski definition) is 0. The molecule has 0 spiro atoms. The first-order chi connectivity index (χ1) is 8.95. The average Bonchev–Trinajstić information content (AvgIpc) is 2.39. The number of rotatable bonds is 2. The summed E-state index contributed by atoms with van der Waals surface area (Å²) in [7, 11) is 0. The average molecular weight is 267 g/mol. The van der Waals surface area contributed by atoms with Gasteiger partial charge in [-0.25, -0.2) is 0 Å². The topological polar surface area (TPSA) is 23.8 Å². The van der Waals surface area contributed by atoms with Crippen molar-refractivity contribution >= 4 is 0 Å². The Morgan fingerprint density at radius 1 is 1.16 bits per heavy atom. The van der Waals surface area contributed by atoms with Gasteiger partial charge in [0.05, 0.1) is 17.0 Å². The van der Waals surface area contributed by atoms with E-state index in [-0.39, 0.29) is 0 Å². The van der Waals surface area contributed by atoms with Crippen molar-refractivity contribution in [3.05, 3.63) is 35.4 Å². The summed E-state index contributed by atoms with van der Waals surface area (Å²) in [5, 5.41) is 9.36. The monoisotopic (exact) mass is 267 g/mol. The van der Waals surface area contributed by atoms with E-state index in [9.17, 15) is 18.4 Å². The molecule has 1 aliphatic carbocycles. The molecule has 0 amide bonds. The Bertz CT molecular complexity index is 479. The third-order valence-electron chi connectivity index (χ3n) is 3.84. The molecule has 2 rings (SSSR count). The lowest BCUT2D eigenvalue weighted by atomic mass is 9.71. The molecule has 0 atom stereocenters. The Hall–Kier alpha value is -1.50. The van der Waals surface area contributed by atoms with Crippen LogP contribution in [0.25, 0.3) is 0 Å². The molecular formula is C15H16F3N. The molecule has 0 radical (unpaired) electrons. The first-order valence-electron chi connectivity index (χ1n) is 6.53. The predicted molar refractivity (Wildman–Crippen MR) is 66.3 cm³/mol. The van der Waals surface area contributed by atoms with Gasteiger partial charge < -0.3 is 0 Å². The van der Waals surface area contributed by atoms with Gasteiger partial charge in [0.15, 0.2) is 0 Å². The summed E-state index contributed by atoms with van der Waals surface area (Å²) >= 11 is 0. The van der Waals surface area contributed by atoms with Crippen LogP contribution in [0.2, 0.25) is 0 Å². The van der Waals surface area contributed by atoms with E-state index in [1.54, 1.807) is 6.07 Å². The van der Waals surface area contributed by atoms with Crippen molar-refractivity contribution in [1.82, 2.24) is 0 Å². The quantitative estimate of drug-likeness (QED) is 0.760. The zero-order valence-corrected chi connectivity index (χ0v) is 10.6. The Labute approximate surface area is 111 Å². The molecule has 1 aliphatic rings. The normalized spacial score (nSPS) is 18.8. The summed E-state index contributed by atoms with van der Waals surface area (Å²) in [6.07, 6.45) is 0.792. The number of halogens is 3. The fourth-order valence-electron chi connectivity index (χ4n) is 2.81. The molecule has 4 heteroatoms. The van der Waals surface area contributed by atoms with Gasteiger partial charge in [-0.2, -0.15) is 18.4 Å². The lowest BCUT2D eigenvalue weighted by Gasteiger charge is -2.30. The van der Waals surface area contributed by atoms with Crippen LogP contribution in [-0.2, 0) is 12.6 Å². The van der Waals surface area contributed by atoms with Crippen LogP contribution in [0, 0.1) is 16.7 Å². The Kier molecular flexibility index (Phi) is 3.84. The van der Waals surface area contributed by atoms with Gasteiger partial charge in [0.2, 0.25) is 0 Å². The highest BCUT2D eigenvalue weighted by molar-refractivity contribution is 5.27. The van der Waals surface area contributed by atoms with Crippen LogP contribution < -0.4 is 0 Å². The standard InChI is InChI=1S/C15H16F3N/c16-15(17,18)13-6-4-5-12(9-13)10-14(11-19)7-2-1-3-8-14/h4-6,9H,1-3,7-8,10H2. The summed E-state index contributed by atoms with van der Waals surface area (Å²) in [5.41, 5.74) is -0.491. The number of hydrogen-bond acceptors (Lipinski definition) is 1. The molecule has 102 valence electrons. The first kappa shape index (κ1) is 13.9. The highest BCUT2D eigenvalue weighted by Crippen LogP contribution is 2.39. The molecular weight excluding hydrogens is 251 g/mol. The minimum absolute atomic E-state index is 0.424. The summed E-state index contributed by atoms with van der Waals surface area (Å²) in [4.78, 5) is 0. The highest BCUT2D eigenvalue weighted by Gasteiger charge is 2.34. The summed E-state index contributed by atoms with van der Waals surface area (Å²) < 4.78 is 38.0. The molecule has 1 aromatic rings. The van der Waals surface area contributed by atoms with E-state index in [1.807, 2.05) is 0 Å². The first-order valence-corrected chi connectivity index (χ1v) is 6.53. The van der Waals surface area contributed by atoms with E-state index in [0.29, 0.717) is 12.0 Å². The second-order valence-corrected chi connectivity index (χ2v) is 5.33. The number of benzene rings is 1. The van der Waals surface area contributed by atoms with Gasteiger partial charge in [0.25, 0.3) is 0 Å². The van der Waals surface area contributed by atoms with Gasteiger partial charge in [0.1, 0.15) is 0 Å². The Balaban J connectivity index is 2.21. The van der Waals surface area contributed by atoms with Crippen LogP contribution in [-0.4, -0.2) is 0 Å². The molecule has 1 fully saturated rings. The van der Waals surface area contributed by atoms with Gasteiger partial charge >= 0.3 is 6.18 Å². The number of alkyl halides is 3. The van der Waals surface area contributed by atoms with E-state index in [2.05, 4.69) is 6.07 Å². The van der Waals surface area contributed by atoms with E-state index in [4.69, 9.17) is 0 Å². The van der Waals surface area contributed by atoms with Gasteiger partial charge in [0, 0.05) is 0 Å². The molecule has 0 aromatic heterocycles. The molecule has 1 saturated carbocycles. The van der Waals surface area contributed by atoms with Crippen LogP contribution in [0.3, 0.4) is 0 Å². The van der Waals surface area contributed by atoms with E-state index in [0.717, 1.165) is 38.2 Å². The van der Waals surface area contributed by atoms with Gasteiger partial charge in [-0.15, -0.1) is 0 Å². The molecule has 1 nitrogen and oxygen atoms in total. The lowest BCUT2D eigenvalue weighted by Crippen LogP contribution is -2.25. The summed E-state index contributed by atoms with van der Waals surface area (Å²) in [5.74, 6) is 0. The van der Waals surface area contributed by atoms with Crippen molar-refractivity contribution in [2.75, 3.05) is 0 Å². The number of nitriles is 1. The van der Waals surface area contributed by atoms with Crippen molar-refractivity contribution in [2.24, 2.45) is 5.41 Å². The number of nitrogens with zero attached hydrogens (tertiary/aromatic N) is 1. The smallest absolute Gasteiger partial charge is 0.198 e. The Morgan fingerprint density at radius 2 is 1.84 bits per heavy atom. The molecule has 0 N–H and O–H groups in total. The van der Waals surface area contributed by atoms with Crippen molar-refractivity contribution in [1.29, 1.82) is 5.26 Å². The zero-order valence-electron chi connectivity index (χ0n) is 10.6. The van der Waals surface area contributed by atoms with E-state index in [1.165, 1.54) is 12.1 Å². The van der Waals surface area contributed by atoms with Crippen molar-refractivity contribution in [3.8, 4) is 6.07 Å². The maximum atomic E-state index is 12.7. The molecule has 19 heavy (non-hydrogen) atoms. The lowest BCUT2D eigenvalue weighted by molar-refractivity contribution is -0.137. The van der Waals surface area contributed by atoms with Crippen molar-refractivity contribution in [3.63, 3.8) is 0 Å². The minimum atomic E-state index is -4.32. The summed E-state index contributed by atoms with van der Waals surface area (Å²) in [6, 6.07) is 7.70. The fourth-order valence-corrected chi connectivity index (χ4v) is 2.81. The van der Waals surface area contributed by atoms with Crippen LogP contribution in [0.15, 0.2) is 24.3 Å². The maximum Gasteiger partial charge on any atom is 0.416 e. The minimum Gasteiger partial charge on any atom is -0.198 e. The summed E-state index contributed by atoms with van der Waals surface area (Å²) in [6.45, 7) is 0. The van der Waals surface area contributed by atoms with Crippen molar-refractivity contribution < 1.29 is 13.2 Å². The van der Waals surface area contributed by atoms with Gasteiger partial charge in [-0.1, -0.05) is 37.5 Å². The second-order valence-electron chi connectivity index (χ2n) is 5.33. The molecule has 0 heterocycles. The highest BCUT2D eigenvalue weighted by atomic mass is 19.4. The van der Waals surface area contributed by atoms with Crippen LogP contribution in [0.5, 0.6) is 0 Å². The second kappa shape index (κ2) is 5.24. The predicted octanol–water partition coefficient (Wildman–Crippen LogP) is 4.72. The van der Waals surface area contributed by atoms with Crippen LogP contribution in [0.4, 0.5) is 13.2 Å². The molecule has 0 saturated heterocycles. The van der Waals surface area contributed by atoms with Crippen LogP contribution >= 0.6 is 0 Å². The molecule has 1 aromatic carbocycles. The largest absolute Gasteiger partial charge is 0.416 e. The molecule has 0 bridgehead atoms. The van der Waals surface area contributed by atoms with Gasteiger partial charge in [-0.3, -0.25) is 0 Å². The van der Waals surface area contributed by atoms with E-state index >= 15 is 0 Å². The Morgan fingerprint density at radius 3 is 2.42 bits per heavy atom. The van der Waals surface area contributed by atoms with Crippen LogP contribution in [0.1, 0.15) is 43.2 Å². The van der Waals surface area contributed by atoms with E-state index < -0.39 is 17.2 Å². The fraction of sp³-hybridized carbons (Fsp3) is 0.533. The SMILES string of the molecule is N#CC1(Cc2cccc(C(F)(F)F)c2)CCCCC1. The van der Waals surface area contributed by atoms with Gasteiger partial charge in [-0.05, 0) is 30.9 Å².